The molecule has 1 spiro atoms. The minimum atomic E-state index is -4.66. The van der Waals surface area contributed by atoms with Gasteiger partial charge in [-0.3, -0.25) is 19.6 Å². The van der Waals surface area contributed by atoms with Gasteiger partial charge in [0.25, 0.3) is 5.91 Å². The van der Waals surface area contributed by atoms with Crippen LogP contribution in [0.2, 0.25) is 0 Å². The molecule has 174 valence electrons. The predicted octanol–water partition coefficient (Wildman–Crippen LogP) is 4.51. The van der Waals surface area contributed by atoms with Crippen molar-refractivity contribution in [3.05, 3.63) is 90.0 Å². The summed E-state index contributed by atoms with van der Waals surface area (Å²) in [7, 11) is 0. The number of halogens is 3. The van der Waals surface area contributed by atoms with Crippen molar-refractivity contribution < 1.29 is 22.8 Å². The van der Waals surface area contributed by atoms with Crippen molar-refractivity contribution in [1.82, 2.24) is 14.9 Å². The van der Waals surface area contributed by atoms with Crippen molar-refractivity contribution in [2.75, 3.05) is 18.0 Å². The van der Waals surface area contributed by atoms with Gasteiger partial charge in [-0.05, 0) is 43.2 Å². The van der Waals surface area contributed by atoms with Gasteiger partial charge in [0.05, 0.1) is 28.3 Å². The zero-order chi connectivity index (χ0) is 23.9. The average Bonchev–Trinajstić information content (AvgIpc) is 2.87. The van der Waals surface area contributed by atoms with Gasteiger partial charge in [0, 0.05) is 37.4 Å². The molecule has 0 bridgehead atoms. The minimum Gasteiger partial charge on any atom is -0.339 e. The normalized spacial score (nSPS) is 19.7. The molecule has 9 heteroatoms. The van der Waals surface area contributed by atoms with E-state index in [-0.39, 0.29) is 25.0 Å². The van der Waals surface area contributed by atoms with Crippen LogP contribution >= 0.6 is 0 Å². The molecule has 34 heavy (non-hydrogen) atoms. The lowest BCUT2D eigenvalue weighted by atomic mass is 9.63. The van der Waals surface area contributed by atoms with Gasteiger partial charge in [-0.2, -0.15) is 13.2 Å². The summed E-state index contributed by atoms with van der Waals surface area (Å²) < 4.78 is 40.2. The van der Waals surface area contributed by atoms with Gasteiger partial charge in [0.15, 0.2) is 0 Å². The molecule has 2 saturated heterocycles. The van der Waals surface area contributed by atoms with E-state index < -0.39 is 28.6 Å². The van der Waals surface area contributed by atoms with Crippen LogP contribution in [0.1, 0.15) is 40.5 Å². The third-order valence-corrected chi connectivity index (χ3v) is 6.73. The van der Waals surface area contributed by atoms with Gasteiger partial charge >= 0.3 is 6.18 Å². The number of hydrogen-bond acceptors (Lipinski definition) is 4. The standard InChI is InChI=1S/C25H21F3N4O2/c26-25(27,28)19-9-13-29-16-18(19)22(33)31-14-10-24(11-15-31)21(20-8-4-5-12-30-20)32(23(24)34)17-6-2-1-3-7-17/h1-9,12-13,16,21H,10-11,14-15H2. The van der Waals surface area contributed by atoms with Crippen LogP contribution in [-0.4, -0.2) is 39.8 Å². The number of aromatic nitrogens is 2. The van der Waals surface area contributed by atoms with E-state index in [0.717, 1.165) is 29.8 Å². The van der Waals surface area contributed by atoms with Crippen LogP contribution in [0.4, 0.5) is 18.9 Å². The molecule has 0 saturated carbocycles. The summed E-state index contributed by atoms with van der Waals surface area (Å²) in [5.41, 5.74) is -0.732. The number of nitrogens with zero attached hydrogens (tertiary/aromatic N) is 4. The van der Waals surface area contributed by atoms with Gasteiger partial charge in [0.2, 0.25) is 5.91 Å². The van der Waals surface area contributed by atoms with Crippen LogP contribution in [0.25, 0.3) is 0 Å². The molecule has 2 fully saturated rings. The Labute approximate surface area is 194 Å². The maximum absolute atomic E-state index is 13.5. The number of β-lactam (4-membered cyclic amide) rings is 1. The Bertz CT molecular complexity index is 1210. The van der Waals surface area contributed by atoms with Crippen molar-refractivity contribution in [2.24, 2.45) is 5.41 Å². The number of para-hydroxylation sites is 1. The van der Waals surface area contributed by atoms with Gasteiger partial charge in [-0.25, -0.2) is 0 Å². The summed E-state index contributed by atoms with van der Waals surface area (Å²) in [5, 5.41) is 0. The molecule has 1 atom stereocenters. The highest BCUT2D eigenvalue weighted by molar-refractivity contribution is 6.06. The van der Waals surface area contributed by atoms with Crippen LogP contribution < -0.4 is 4.90 Å². The number of likely N-dealkylation sites (tertiary alicyclic amines) is 1. The number of amides is 2. The first-order valence-corrected chi connectivity index (χ1v) is 10.9. The summed E-state index contributed by atoms with van der Waals surface area (Å²) in [6.45, 7) is 0.339. The van der Waals surface area contributed by atoms with Gasteiger partial charge < -0.3 is 9.80 Å². The highest BCUT2D eigenvalue weighted by atomic mass is 19.4. The smallest absolute Gasteiger partial charge is 0.339 e. The van der Waals surface area contributed by atoms with Gasteiger partial charge in [-0.15, -0.1) is 0 Å². The molecule has 0 N–H and O–H groups in total. The third-order valence-electron chi connectivity index (χ3n) is 6.73. The fourth-order valence-corrected chi connectivity index (χ4v) is 5.04. The van der Waals surface area contributed by atoms with E-state index in [1.807, 2.05) is 42.5 Å². The molecule has 0 aliphatic carbocycles. The highest BCUT2D eigenvalue weighted by Crippen LogP contribution is 2.57. The number of benzene rings is 1. The number of hydrogen-bond donors (Lipinski definition) is 0. The molecular formula is C25H21F3N4O2. The fraction of sp³-hybridized carbons (Fsp3) is 0.280. The maximum atomic E-state index is 13.5. The number of carbonyl (C=O) groups excluding carboxylic acids is 2. The second-order valence-electron chi connectivity index (χ2n) is 8.54. The van der Waals surface area contributed by atoms with Gasteiger partial charge in [-0.1, -0.05) is 24.3 Å². The van der Waals surface area contributed by atoms with Gasteiger partial charge in [0.1, 0.15) is 0 Å². The number of pyridine rings is 2. The SMILES string of the molecule is O=C(c1cnccc1C(F)(F)F)N1CCC2(CC1)C(=O)N(c1ccccc1)C2c1ccccn1. The zero-order valence-electron chi connectivity index (χ0n) is 18.1. The third kappa shape index (κ3) is 3.52. The topological polar surface area (TPSA) is 66.4 Å². The quantitative estimate of drug-likeness (QED) is 0.533. The second-order valence-corrected chi connectivity index (χ2v) is 8.54. The van der Waals surface area contributed by atoms with E-state index in [2.05, 4.69) is 9.97 Å². The molecule has 1 aromatic carbocycles. The van der Waals surface area contributed by atoms with Crippen LogP contribution in [0.3, 0.4) is 0 Å². The van der Waals surface area contributed by atoms with Crippen molar-refractivity contribution in [3.63, 3.8) is 0 Å². The Morgan fingerprint density at radius 1 is 0.971 bits per heavy atom. The van der Waals surface area contributed by atoms with E-state index in [4.69, 9.17) is 0 Å². The monoisotopic (exact) mass is 466 g/mol. The summed E-state index contributed by atoms with van der Waals surface area (Å²) in [6, 6.07) is 15.3. The molecule has 2 amide bonds. The van der Waals surface area contributed by atoms with Crippen LogP contribution in [-0.2, 0) is 11.0 Å². The van der Waals surface area contributed by atoms with Crippen molar-refractivity contribution in [1.29, 1.82) is 0 Å². The Kier molecular flexibility index (Phi) is 5.34. The zero-order valence-corrected chi connectivity index (χ0v) is 18.1. The molecule has 2 aliphatic rings. The fourth-order valence-electron chi connectivity index (χ4n) is 5.04. The van der Waals surface area contributed by atoms with E-state index in [1.165, 1.54) is 4.90 Å². The van der Waals surface area contributed by atoms with Crippen molar-refractivity contribution in [2.45, 2.75) is 25.1 Å². The average molecular weight is 466 g/mol. The van der Waals surface area contributed by atoms with Crippen LogP contribution in [0.5, 0.6) is 0 Å². The largest absolute Gasteiger partial charge is 0.417 e. The molecule has 2 aromatic heterocycles. The van der Waals surface area contributed by atoms with E-state index in [1.54, 1.807) is 17.2 Å². The first kappa shape index (κ1) is 22.1. The summed E-state index contributed by atoms with van der Waals surface area (Å²) in [5.74, 6) is -0.782. The molecule has 0 radical (unpaired) electrons. The Morgan fingerprint density at radius 3 is 2.32 bits per heavy atom. The summed E-state index contributed by atoms with van der Waals surface area (Å²) in [4.78, 5) is 37.8. The molecule has 6 nitrogen and oxygen atoms in total. The molecule has 4 heterocycles. The number of rotatable bonds is 3. The van der Waals surface area contributed by atoms with E-state index >= 15 is 0 Å². The first-order valence-electron chi connectivity index (χ1n) is 10.9. The number of alkyl halides is 3. The molecule has 5 rings (SSSR count). The molecule has 2 aliphatic heterocycles. The predicted molar refractivity (Wildman–Crippen MR) is 118 cm³/mol. The van der Waals surface area contributed by atoms with E-state index in [0.29, 0.717) is 12.8 Å². The van der Waals surface area contributed by atoms with Crippen molar-refractivity contribution >= 4 is 17.5 Å². The Morgan fingerprint density at radius 2 is 1.68 bits per heavy atom. The minimum absolute atomic E-state index is 0.0567. The summed E-state index contributed by atoms with van der Waals surface area (Å²) in [6.07, 6.45) is -0.331. The van der Waals surface area contributed by atoms with Crippen LogP contribution in [0, 0.1) is 5.41 Å². The highest BCUT2D eigenvalue weighted by Gasteiger charge is 2.62. The Hall–Kier alpha value is -3.75. The Balaban J connectivity index is 1.41. The molecular weight excluding hydrogens is 445 g/mol. The lowest BCUT2D eigenvalue weighted by Gasteiger charge is -2.58. The molecule has 3 aromatic rings. The lowest BCUT2D eigenvalue weighted by Crippen LogP contribution is -2.67. The van der Waals surface area contributed by atoms with E-state index in [9.17, 15) is 22.8 Å². The van der Waals surface area contributed by atoms with Crippen molar-refractivity contribution in [3.8, 4) is 0 Å². The number of carbonyl (C=O) groups is 2. The maximum Gasteiger partial charge on any atom is 0.417 e. The summed E-state index contributed by atoms with van der Waals surface area (Å²) >= 11 is 0. The number of anilines is 1. The number of piperidine rings is 1. The second kappa shape index (κ2) is 8.23. The molecule has 1 unspecified atom stereocenters. The first-order chi connectivity index (χ1) is 16.3. The van der Waals surface area contributed by atoms with Crippen LogP contribution in [0.15, 0.2) is 73.2 Å². The lowest BCUT2D eigenvalue weighted by molar-refractivity contribution is -0.144.